The lowest BCUT2D eigenvalue weighted by atomic mass is 10.2. The molecule has 0 saturated carbocycles. The van der Waals surface area contributed by atoms with Gasteiger partial charge in [0.1, 0.15) is 22.9 Å². The standard InChI is InChI=1S/C20H22N2O6S/c1-3-26-16-8-5-4-7-14(16)21-18(24)11-28-20(25)15-12-29-19(22(15)13(2)23)17-9-6-10-27-17/h4-10,15,19H,3,11-12H2,1-2H3,(H,21,24)/t15-,19+/m1/s1. The quantitative estimate of drug-likeness (QED) is 0.691. The number of anilines is 1. The minimum Gasteiger partial charge on any atom is -0.492 e. The number of thioether (sulfide) groups is 1. The molecule has 0 aliphatic carbocycles. The van der Waals surface area contributed by atoms with Crippen molar-refractivity contribution in [1.29, 1.82) is 0 Å². The fourth-order valence-electron chi connectivity index (χ4n) is 2.99. The molecule has 2 heterocycles. The first-order chi connectivity index (χ1) is 14.0. The van der Waals surface area contributed by atoms with E-state index in [0.717, 1.165) is 0 Å². The molecule has 0 spiro atoms. The topological polar surface area (TPSA) is 98.1 Å². The second kappa shape index (κ2) is 9.51. The molecule has 154 valence electrons. The van der Waals surface area contributed by atoms with E-state index in [0.29, 0.717) is 29.6 Å². The van der Waals surface area contributed by atoms with E-state index in [9.17, 15) is 14.4 Å². The lowest BCUT2D eigenvalue weighted by Gasteiger charge is -2.25. The van der Waals surface area contributed by atoms with Gasteiger partial charge in [0.2, 0.25) is 5.91 Å². The fourth-order valence-corrected chi connectivity index (χ4v) is 4.41. The highest BCUT2D eigenvalue weighted by atomic mass is 32.2. The van der Waals surface area contributed by atoms with Crippen molar-refractivity contribution in [1.82, 2.24) is 4.90 Å². The smallest absolute Gasteiger partial charge is 0.330 e. The number of nitrogens with one attached hydrogen (secondary N) is 1. The minimum atomic E-state index is -0.781. The second-order valence-corrected chi connectivity index (χ2v) is 7.34. The summed E-state index contributed by atoms with van der Waals surface area (Å²) in [6.45, 7) is 3.23. The molecule has 0 unspecified atom stereocenters. The SMILES string of the molecule is CCOc1ccccc1NC(=O)COC(=O)[C@H]1CS[C@@H](c2ccco2)N1C(C)=O. The van der Waals surface area contributed by atoms with Crippen LogP contribution in [0.2, 0.25) is 0 Å². The van der Waals surface area contributed by atoms with Crippen molar-refractivity contribution in [2.75, 3.05) is 24.3 Å². The summed E-state index contributed by atoms with van der Waals surface area (Å²) in [6.07, 6.45) is 1.52. The maximum absolute atomic E-state index is 12.5. The Bertz CT molecular complexity index is 870. The maximum Gasteiger partial charge on any atom is 0.330 e. The van der Waals surface area contributed by atoms with Crippen LogP contribution >= 0.6 is 11.8 Å². The lowest BCUT2D eigenvalue weighted by molar-refractivity contribution is -0.155. The number of nitrogens with zero attached hydrogens (tertiary/aromatic N) is 1. The molecule has 1 saturated heterocycles. The van der Waals surface area contributed by atoms with Gasteiger partial charge in [-0.1, -0.05) is 12.1 Å². The molecule has 1 N–H and O–H groups in total. The van der Waals surface area contributed by atoms with Gasteiger partial charge in [-0.2, -0.15) is 0 Å². The van der Waals surface area contributed by atoms with Crippen LogP contribution in [0.25, 0.3) is 0 Å². The molecule has 1 aromatic heterocycles. The molecule has 2 atom stereocenters. The van der Waals surface area contributed by atoms with Gasteiger partial charge in [0.05, 0.1) is 18.6 Å². The Balaban J connectivity index is 1.59. The van der Waals surface area contributed by atoms with Crippen LogP contribution in [0.15, 0.2) is 47.1 Å². The van der Waals surface area contributed by atoms with Gasteiger partial charge < -0.3 is 24.1 Å². The van der Waals surface area contributed by atoms with Crippen molar-refractivity contribution in [2.45, 2.75) is 25.3 Å². The van der Waals surface area contributed by atoms with Gasteiger partial charge in [-0.05, 0) is 31.2 Å². The summed E-state index contributed by atoms with van der Waals surface area (Å²) in [5.41, 5.74) is 0.495. The van der Waals surface area contributed by atoms with Crippen LogP contribution in [0.5, 0.6) is 5.75 Å². The number of hydrogen-bond acceptors (Lipinski definition) is 7. The number of rotatable bonds is 7. The predicted octanol–water partition coefficient (Wildman–Crippen LogP) is 2.82. The van der Waals surface area contributed by atoms with E-state index in [1.165, 1.54) is 29.8 Å². The predicted molar refractivity (Wildman–Crippen MR) is 107 cm³/mol. The zero-order valence-corrected chi connectivity index (χ0v) is 16.9. The number of para-hydroxylation sites is 2. The van der Waals surface area contributed by atoms with Crippen molar-refractivity contribution < 1.29 is 28.3 Å². The Morgan fingerprint density at radius 3 is 2.72 bits per heavy atom. The fraction of sp³-hybridized carbons (Fsp3) is 0.350. The highest BCUT2D eigenvalue weighted by molar-refractivity contribution is 7.99. The number of furan rings is 1. The number of carbonyl (C=O) groups is 3. The Labute approximate surface area is 172 Å². The first-order valence-electron chi connectivity index (χ1n) is 9.13. The summed E-state index contributed by atoms with van der Waals surface area (Å²) < 4.78 is 16.0. The molecule has 2 amide bonds. The summed E-state index contributed by atoms with van der Waals surface area (Å²) in [5.74, 6) is 0.0895. The highest BCUT2D eigenvalue weighted by Crippen LogP contribution is 2.41. The number of benzene rings is 1. The average Bonchev–Trinajstić information content (AvgIpc) is 3.37. The molecule has 8 nitrogen and oxygen atoms in total. The molecule has 9 heteroatoms. The van der Waals surface area contributed by atoms with Gasteiger partial charge in [-0.15, -0.1) is 11.8 Å². The second-order valence-electron chi connectivity index (χ2n) is 6.23. The molecule has 2 aromatic rings. The van der Waals surface area contributed by atoms with Gasteiger partial charge in [0.25, 0.3) is 5.91 Å². The molecular formula is C20H22N2O6S. The third-order valence-electron chi connectivity index (χ3n) is 4.23. The Hall–Kier alpha value is -2.94. The molecule has 3 rings (SSSR count). The summed E-state index contributed by atoms with van der Waals surface area (Å²) in [7, 11) is 0. The van der Waals surface area contributed by atoms with E-state index in [-0.39, 0.29) is 5.91 Å². The molecule has 0 bridgehead atoms. The molecule has 29 heavy (non-hydrogen) atoms. The van der Waals surface area contributed by atoms with Crippen LogP contribution in [0.3, 0.4) is 0 Å². The van der Waals surface area contributed by atoms with Gasteiger partial charge in [0, 0.05) is 12.7 Å². The summed E-state index contributed by atoms with van der Waals surface area (Å²) in [5, 5.41) is 2.27. The molecular weight excluding hydrogens is 396 g/mol. The van der Waals surface area contributed by atoms with E-state index in [4.69, 9.17) is 13.9 Å². The first kappa shape index (κ1) is 20.8. The van der Waals surface area contributed by atoms with E-state index in [2.05, 4.69) is 5.32 Å². The summed E-state index contributed by atoms with van der Waals surface area (Å²) in [4.78, 5) is 38.3. The average molecular weight is 418 g/mol. The maximum atomic E-state index is 12.5. The molecule has 1 aliphatic heterocycles. The minimum absolute atomic E-state index is 0.270. The summed E-state index contributed by atoms with van der Waals surface area (Å²) in [6, 6.07) is 9.69. The van der Waals surface area contributed by atoms with E-state index in [1.807, 2.05) is 6.92 Å². The zero-order chi connectivity index (χ0) is 20.8. The Kier molecular flexibility index (Phi) is 6.82. The van der Waals surface area contributed by atoms with Crippen molar-refractivity contribution in [3.05, 3.63) is 48.4 Å². The van der Waals surface area contributed by atoms with Crippen LogP contribution in [-0.2, 0) is 19.1 Å². The summed E-state index contributed by atoms with van der Waals surface area (Å²) >= 11 is 1.41. The van der Waals surface area contributed by atoms with Crippen LogP contribution in [0.1, 0.15) is 25.0 Å². The van der Waals surface area contributed by atoms with E-state index < -0.39 is 29.9 Å². The lowest BCUT2D eigenvalue weighted by Crippen LogP contribution is -2.43. The van der Waals surface area contributed by atoms with Crippen molar-refractivity contribution >= 4 is 35.2 Å². The van der Waals surface area contributed by atoms with E-state index >= 15 is 0 Å². The van der Waals surface area contributed by atoms with Gasteiger partial charge in [-0.25, -0.2) is 4.79 Å². The van der Waals surface area contributed by atoms with Crippen molar-refractivity contribution in [2.24, 2.45) is 0 Å². The van der Waals surface area contributed by atoms with Gasteiger partial charge >= 0.3 is 5.97 Å². The number of carbonyl (C=O) groups excluding carboxylic acids is 3. The van der Waals surface area contributed by atoms with Gasteiger partial charge in [0.15, 0.2) is 6.61 Å². The van der Waals surface area contributed by atoms with Crippen LogP contribution in [-0.4, -0.2) is 47.7 Å². The largest absolute Gasteiger partial charge is 0.492 e. The Morgan fingerprint density at radius 1 is 1.24 bits per heavy atom. The number of ether oxygens (including phenoxy) is 2. The first-order valence-corrected chi connectivity index (χ1v) is 10.2. The molecule has 1 aromatic carbocycles. The van der Waals surface area contributed by atoms with Crippen LogP contribution in [0.4, 0.5) is 5.69 Å². The molecule has 1 fully saturated rings. The monoisotopic (exact) mass is 418 g/mol. The highest BCUT2D eigenvalue weighted by Gasteiger charge is 2.43. The molecule has 1 aliphatic rings. The van der Waals surface area contributed by atoms with Crippen LogP contribution < -0.4 is 10.1 Å². The number of hydrogen-bond donors (Lipinski definition) is 1. The van der Waals surface area contributed by atoms with Gasteiger partial charge in [-0.3, -0.25) is 9.59 Å². The van der Waals surface area contributed by atoms with E-state index in [1.54, 1.807) is 36.4 Å². The number of esters is 1. The third-order valence-corrected chi connectivity index (χ3v) is 5.51. The van der Waals surface area contributed by atoms with Crippen molar-refractivity contribution in [3.63, 3.8) is 0 Å². The number of amides is 2. The normalized spacial score (nSPS) is 18.3. The van der Waals surface area contributed by atoms with Crippen LogP contribution in [0, 0.1) is 0 Å². The van der Waals surface area contributed by atoms with Crippen molar-refractivity contribution in [3.8, 4) is 5.75 Å². The molecule has 0 radical (unpaired) electrons. The zero-order valence-electron chi connectivity index (χ0n) is 16.1. The third kappa shape index (κ3) is 4.92. The Morgan fingerprint density at radius 2 is 2.03 bits per heavy atom.